The van der Waals surface area contributed by atoms with Gasteiger partial charge in [-0.25, -0.2) is 4.98 Å². The molecular formula is C20H24N4OS. The fourth-order valence-electron chi connectivity index (χ4n) is 3.32. The van der Waals surface area contributed by atoms with Crippen molar-refractivity contribution in [1.82, 2.24) is 14.9 Å². The molecule has 2 heterocycles. The van der Waals surface area contributed by atoms with E-state index in [9.17, 15) is 10.1 Å². The van der Waals surface area contributed by atoms with E-state index in [0.29, 0.717) is 10.9 Å². The molecule has 1 saturated heterocycles. The molecule has 1 fully saturated rings. The Morgan fingerprint density at radius 3 is 2.77 bits per heavy atom. The molecule has 0 bridgehead atoms. The molecule has 0 saturated carbocycles. The number of hydrogen-bond donors (Lipinski definition) is 1. The molecule has 3 rings (SSSR count). The van der Waals surface area contributed by atoms with Gasteiger partial charge in [-0.2, -0.15) is 5.26 Å². The van der Waals surface area contributed by atoms with Gasteiger partial charge in [0.1, 0.15) is 11.6 Å². The lowest BCUT2D eigenvalue weighted by Crippen LogP contribution is -2.31. The van der Waals surface area contributed by atoms with E-state index in [1.165, 1.54) is 28.5 Å². The molecule has 0 unspecified atom stereocenters. The number of aryl methyl sites for hydroxylation is 2. The minimum atomic E-state index is -0.320. The average molecular weight is 369 g/mol. The van der Waals surface area contributed by atoms with Crippen molar-refractivity contribution < 1.29 is 0 Å². The van der Waals surface area contributed by atoms with Crippen LogP contribution in [0.1, 0.15) is 46.7 Å². The summed E-state index contributed by atoms with van der Waals surface area (Å²) in [6, 6.07) is 8.45. The Morgan fingerprint density at radius 1 is 1.35 bits per heavy atom. The van der Waals surface area contributed by atoms with E-state index < -0.39 is 0 Å². The number of nitrogens with one attached hydrogen (secondary N) is 1. The van der Waals surface area contributed by atoms with Crippen LogP contribution in [0, 0.1) is 25.2 Å². The number of likely N-dealkylation sites (tertiary alicyclic amines) is 1. The maximum absolute atomic E-state index is 12.4. The number of hydrogen-bond acceptors (Lipinski definition) is 5. The first kappa shape index (κ1) is 18.7. The van der Waals surface area contributed by atoms with E-state index >= 15 is 0 Å². The number of piperidine rings is 1. The van der Waals surface area contributed by atoms with Gasteiger partial charge in [0.25, 0.3) is 5.56 Å². The van der Waals surface area contributed by atoms with Gasteiger partial charge in [0.05, 0.1) is 5.69 Å². The normalized spacial score (nSPS) is 15.8. The van der Waals surface area contributed by atoms with E-state index in [1.807, 2.05) is 0 Å². The van der Waals surface area contributed by atoms with Crippen molar-refractivity contribution in [3.63, 3.8) is 0 Å². The smallest absolute Gasteiger partial charge is 0.269 e. The van der Waals surface area contributed by atoms with Crippen molar-refractivity contribution in [2.24, 2.45) is 0 Å². The zero-order valence-corrected chi connectivity index (χ0v) is 16.3. The monoisotopic (exact) mass is 368 g/mol. The van der Waals surface area contributed by atoms with Crippen LogP contribution in [0.3, 0.4) is 0 Å². The molecule has 0 radical (unpaired) electrons. The van der Waals surface area contributed by atoms with Crippen LogP contribution in [0.15, 0.2) is 28.2 Å². The van der Waals surface area contributed by atoms with Crippen LogP contribution in [-0.4, -0.2) is 35.0 Å². The molecule has 1 N–H and O–H groups in total. The number of rotatable bonds is 4. The van der Waals surface area contributed by atoms with Crippen molar-refractivity contribution >= 4 is 11.8 Å². The van der Waals surface area contributed by atoms with Crippen LogP contribution < -0.4 is 5.56 Å². The molecule has 0 amide bonds. The molecule has 0 atom stereocenters. The van der Waals surface area contributed by atoms with Gasteiger partial charge in [0.2, 0.25) is 0 Å². The Bertz CT molecular complexity index is 892. The molecule has 1 aromatic carbocycles. The molecule has 136 valence electrons. The largest absolute Gasteiger partial charge is 0.306 e. The number of nitriles is 1. The maximum atomic E-state index is 12.4. The van der Waals surface area contributed by atoms with E-state index in [2.05, 4.69) is 60.0 Å². The topological polar surface area (TPSA) is 72.8 Å². The number of thioether (sulfide) groups is 1. The summed E-state index contributed by atoms with van der Waals surface area (Å²) in [7, 11) is 2.10. The van der Waals surface area contributed by atoms with E-state index in [4.69, 9.17) is 0 Å². The summed E-state index contributed by atoms with van der Waals surface area (Å²) in [5.41, 5.74) is 4.22. The zero-order valence-electron chi connectivity index (χ0n) is 15.5. The van der Waals surface area contributed by atoms with Gasteiger partial charge >= 0.3 is 0 Å². The maximum Gasteiger partial charge on any atom is 0.269 e. The number of aromatic nitrogens is 2. The first-order valence-corrected chi connectivity index (χ1v) is 9.88. The third-order valence-corrected chi connectivity index (χ3v) is 5.93. The highest BCUT2D eigenvalue weighted by Gasteiger charge is 2.24. The van der Waals surface area contributed by atoms with Crippen LogP contribution >= 0.6 is 11.8 Å². The summed E-state index contributed by atoms with van der Waals surface area (Å²) in [5.74, 6) is 0.929. The average Bonchev–Trinajstić information content (AvgIpc) is 2.62. The number of H-pyrrole nitrogens is 1. The Hall–Kier alpha value is -2.10. The number of aromatic amines is 1. The summed E-state index contributed by atoms with van der Waals surface area (Å²) in [6.07, 6.45) is 1.87. The van der Waals surface area contributed by atoms with Crippen LogP contribution in [0.2, 0.25) is 0 Å². The highest BCUT2D eigenvalue weighted by molar-refractivity contribution is 7.98. The van der Waals surface area contributed by atoms with E-state index in [1.54, 1.807) is 0 Å². The van der Waals surface area contributed by atoms with Crippen LogP contribution in [0.4, 0.5) is 0 Å². The molecule has 26 heavy (non-hydrogen) atoms. The Labute approximate surface area is 158 Å². The first-order valence-electron chi connectivity index (χ1n) is 8.89. The van der Waals surface area contributed by atoms with E-state index in [-0.39, 0.29) is 17.0 Å². The fourth-order valence-corrected chi connectivity index (χ4v) is 4.26. The van der Waals surface area contributed by atoms with E-state index in [0.717, 1.165) is 31.7 Å². The molecule has 1 aliphatic heterocycles. The second-order valence-electron chi connectivity index (χ2n) is 7.04. The number of nitrogens with zero attached hydrogens (tertiary/aromatic N) is 3. The second-order valence-corrected chi connectivity index (χ2v) is 8.00. The Morgan fingerprint density at radius 2 is 2.08 bits per heavy atom. The van der Waals surface area contributed by atoms with Gasteiger partial charge in [-0.1, -0.05) is 35.5 Å². The number of benzene rings is 1. The van der Waals surface area contributed by atoms with Crippen molar-refractivity contribution in [2.75, 3.05) is 20.1 Å². The molecule has 2 aromatic rings. The van der Waals surface area contributed by atoms with Gasteiger partial charge in [-0.05, 0) is 58.0 Å². The molecular weight excluding hydrogens is 344 g/mol. The highest BCUT2D eigenvalue weighted by atomic mass is 32.2. The Kier molecular flexibility index (Phi) is 5.80. The van der Waals surface area contributed by atoms with Gasteiger partial charge in [-0.3, -0.25) is 4.79 Å². The fraction of sp³-hybridized carbons (Fsp3) is 0.450. The highest BCUT2D eigenvalue weighted by Crippen LogP contribution is 2.29. The van der Waals surface area contributed by atoms with Crippen LogP contribution in [0.25, 0.3) is 0 Å². The third kappa shape index (κ3) is 4.17. The minimum absolute atomic E-state index is 0.177. The lowest BCUT2D eigenvalue weighted by molar-refractivity contribution is 0.252. The molecule has 1 aliphatic rings. The predicted octanol–water partition coefficient (Wildman–Crippen LogP) is 3.36. The standard InChI is InChI=1S/C20H24N4OS/c1-13-4-5-14(2)16(10-13)12-26-20-22-18(17(11-21)19(25)23-20)15-6-8-24(3)9-7-15/h4-5,10,15H,6-9,12H2,1-3H3,(H,22,23,25). The lowest BCUT2D eigenvalue weighted by atomic mass is 9.91. The minimum Gasteiger partial charge on any atom is -0.306 e. The molecule has 6 heteroatoms. The zero-order chi connectivity index (χ0) is 18.7. The summed E-state index contributed by atoms with van der Waals surface area (Å²) in [4.78, 5) is 22.1. The first-order chi connectivity index (χ1) is 12.5. The predicted molar refractivity (Wildman–Crippen MR) is 105 cm³/mol. The van der Waals surface area contributed by atoms with Crippen molar-refractivity contribution in [1.29, 1.82) is 5.26 Å². The van der Waals surface area contributed by atoms with Crippen molar-refractivity contribution in [2.45, 2.75) is 43.5 Å². The lowest BCUT2D eigenvalue weighted by Gasteiger charge is -2.28. The summed E-state index contributed by atoms with van der Waals surface area (Å²) in [5, 5.41) is 10.0. The van der Waals surface area contributed by atoms with Gasteiger partial charge in [0.15, 0.2) is 5.16 Å². The van der Waals surface area contributed by atoms with Gasteiger partial charge in [-0.15, -0.1) is 0 Å². The second kappa shape index (κ2) is 8.07. The van der Waals surface area contributed by atoms with Crippen LogP contribution in [-0.2, 0) is 5.75 Å². The summed E-state index contributed by atoms with van der Waals surface area (Å²) in [6.45, 7) is 6.10. The molecule has 5 nitrogen and oxygen atoms in total. The van der Waals surface area contributed by atoms with Crippen molar-refractivity contribution in [3.05, 3.63) is 56.5 Å². The SMILES string of the molecule is Cc1ccc(C)c(CSc2nc(C3CCN(C)CC3)c(C#N)c(=O)[nH]2)c1. The van der Waals surface area contributed by atoms with Gasteiger partial charge in [0, 0.05) is 11.7 Å². The Balaban J connectivity index is 1.85. The third-order valence-electron chi connectivity index (χ3n) is 5.01. The molecule has 0 spiro atoms. The quantitative estimate of drug-likeness (QED) is 0.662. The van der Waals surface area contributed by atoms with Gasteiger partial charge < -0.3 is 9.88 Å². The summed E-state index contributed by atoms with van der Waals surface area (Å²) < 4.78 is 0. The summed E-state index contributed by atoms with van der Waals surface area (Å²) >= 11 is 1.52. The molecule has 0 aliphatic carbocycles. The molecule has 1 aromatic heterocycles. The van der Waals surface area contributed by atoms with Crippen LogP contribution in [0.5, 0.6) is 0 Å². The van der Waals surface area contributed by atoms with Crippen molar-refractivity contribution in [3.8, 4) is 6.07 Å².